The minimum atomic E-state index is 0.476. The molecular weight excluding hydrogens is 192 g/mol. The van der Waals surface area contributed by atoms with Gasteiger partial charge in [0.1, 0.15) is 6.33 Å². The van der Waals surface area contributed by atoms with E-state index in [4.69, 9.17) is 4.74 Å². The first-order valence-corrected chi connectivity index (χ1v) is 5.52. The molecule has 0 saturated carbocycles. The molecule has 0 spiro atoms. The maximum atomic E-state index is 5.37. The van der Waals surface area contributed by atoms with Crippen molar-refractivity contribution in [2.75, 3.05) is 19.7 Å². The number of aromatic nitrogens is 3. The van der Waals surface area contributed by atoms with Crippen molar-refractivity contribution in [3.63, 3.8) is 0 Å². The van der Waals surface area contributed by atoms with Gasteiger partial charge in [0, 0.05) is 7.05 Å². The first kappa shape index (κ1) is 12.0. The van der Waals surface area contributed by atoms with E-state index in [1.165, 1.54) is 12.8 Å². The number of unbranched alkanes of at least 4 members (excludes halogenated alkanes) is 2. The van der Waals surface area contributed by atoms with Gasteiger partial charge in [-0.25, -0.2) is 0 Å². The molecule has 15 heavy (non-hydrogen) atoms. The third kappa shape index (κ3) is 5.37. The van der Waals surface area contributed by atoms with Crippen LogP contribution in [0.4, 0.5) is 0 Å². The Morgan fingerprint density at radius 1 is 1.40 bits per heavy atom. The average molecular weight is 212 g/mol. The number of ether oxygens (including phenoxy) is 1. The zero-order chi connectivity index (χ0) is 10.9. The Morgan fingerprint density at radius 2 is 2.27 bits per heavy atom. The van der Waals surface area contributed by atoms with Crippen LogP contribution >= 0.6 is 0 Å². The molecule has 1 rings (SSSR count). The highest BCUT2D eigenvalue weighted by Gasteiger charge is 1.98. The lowest BCUT2D eigenvalue weighted by atomic mass is 10.2. The van der Waals surface area contributed by atoms with Crippen molar-refractivity contribution in [1.82, 2.24) is 20.1 Å². The lowest BCUT2D eigenvalue weighted by Gasteiger charge is -2.02. The minimum absolute atomic E-state index is 0.476. The van der Waals surface area contributed by atoms with Gasteiger partial charge < -0.3 is 10.1 Å². The van der Waals surface area contributed by atoms with Crippen LogP contribution in [0.3, 0.4) is 0 Å². The van der Waals surface area contributed by atoms with Crippen molar-refractivity contribution in [1.29, 1.82) is 0 Å². The van der Waals surface area contributed by atoms with E-state index in [1.807, 2.05) is 7.05 Å². The van der Waals surface area contributed by atoms with E-state index < -0.39 is 0 Å². The topological polar surface area (TPSA) is 52.0 Å². The molecule has 0 bridgehead atoms. The summed E-state index contributed by atoms with van der Waals surface area (Å²) in [6.07, 6.45) is 5.08. The molecule has 1 N–H and O–H groups in total. The monoisotopic (exact) mass is 212 g/mol. The summed E-state index contributed by atoms with van der Waals surface area (Å²) in [6.45, 7) is 4.97. The van der Waals surface area contributed by atoms with Crippen LogP contribution in [0.15, 0.2) is 6.33 Å². The van der Waals surface area contributed by atoms with Gasteiger partial charge in [0.2, 0.25) is 0 Å². The van der Waals surface area contributed by atoms with Crippen LogP contribution in [0.1, 0.15) is 26.2 Å². The Hall–Kier alpha value is -1.10. The molecule has 0 radical (unpaired) electrons. The molecule has 0 atom stereocenters. The van der Waals surface area contributed by atoms with Gasteiger partial charge in [-0.2, -0.15) is 4.98 Å². The van der Waals surface area contributed by atoms with Gasteiger partial charge in [0.15, 0.2) is 0 Å². The fourth-order valence-electron chi connectivity index (χ4n) is 1.25. The Bertz CT molecular complexity index is 262. The highest BCUT2D eigenvalue weighted by molar-refractivity contribution is 4.86. The first-order chi connectivity index (χ1) is 7.33. The SMILES string of the molecule is CCNCCCCCOc1ncn(C)n1. The number of nitrogens with zero attached hydrogens (tertiary/aromatic N) is 3. The smallest absolute Gasteiger partial charge is 0.335 e. The fourth-order valence-corrected chi connectivity index (χ4v) is 1.25. The Labute approximate surface area is 90.8 Å². The van der Waals surface area contributed by atoms with E-state index >= 15 is 0 Å². The molecule has 0 aliphatic rings. The summed E-state index contributed by atoms with van der Waals surface area (Å²) in [5.41, 5.74) is 0. The van der Waals surface area contributed by atoms with Gasteiger partial charge in [-0.05, 0) is 32.4 Å². The number of hydrogen-bond acceptors (Lipinski definition) is 4. The van der Waals surface area contributed by atoms with Gasteiger partial charge in [-0.3, -0.25) is 4.68 Å². The third-order valence-electron chi connectivity index (χ3n) is 2.06. The van der Waals surface area contributed by atoms with E-state index in [0.29, 0.717) is 12.6 Å². The predicted molar refractivity (Wildman–Crippen MR) is 58.9 cm³/mol. The van der Waals surface area contributed by atoms with E-state index in [9.17, 15) is 0 Å². The largest absolute Gasteiger partial charge is 0.462 e. The second-order valence-corrected chi connectivity index (χ2v) is 3.46. The Morgan fingerprint density at radius 3 is 2.93 bits per heavy atom. The zero-order valence-electron chi connectivity index (χ0n) is 9.57. The Balaban J connectivity index is 1.93. The van der Waals surface area contributed by atoms with Gasteiger partial charge in [0.05, 0.1) is 6.61 Å². The predicted octanol–water partition coefficient (Wildman–Crippen LogP) is 0.974. The van der Waals surface area contributed by atoms with E-state index in [0.717, 1.165) is 19.5 Å². The van der Waals surface area contributed by atoms with Crippen molar-refractivity contribution >= 4 is 0 Å². The first-order valence-electron chi connectivity index (χ1n) is 5.52. The van der Waals surface area contributed by atoms with Crippen LogP contribution in [0, 0.1) is 0 Å². The molecule has 0 aliphatic heterocycles. The van der Waals surface area contributed by atoms with Crippen molar-refractivity contribution in [3.05, 3.63) is 6.33 Å². The average Bonchev–Trinajstić information content (AvgIpc) is 2.63. The zero-order valence-corrected chi connectivity index (χ0v) is 9.57. The Kier molecular flexibility index (Phi) is 5.77. The highest BCUT2D eigenvalue weighted by atomic mass is 16.5. The third-order valence-corrected chi connectivity index (χ3v) is 2.06. The molecule has 0 saturated heterocycles. The number of rotatable bonds is 8. The van der Waals surface area contributed by atoms with E-state index in [2.05, 4.69) is 22.3 Å². The van der Waals surface area contributed by atoms with Crippen molar-refractivity contribution in [2.24, 2.45) is 7.05 Å². The number of aryl methyl sites for hydroxylation is 1. The summed E-state index contributed by atoms with van der Waals surface area (Å²) in [4.78, 5) is 3.98. The summed E-state index contributed by atoms with van der Waals surface area (Å²) in [5, 5.41) is 7.32. The maximum absolute atomic E-state index is 5.37. The molecule has 0 aliphatic carbocycles. The van der Waals surface area contributed by atoms with Crippen molar-refractivity contribution in [3.8, 4) is 6.01 Å². The summed E-state index contributed by atoms with van der Waals surface area (Å²) in [7, 11) is 1.83. The second kappa shape index (κ2) is 7.23. The summed E-state index contributed by atoms with van der Waals surface area (Å²) in [5.74, 6) is 0. The number of hydrogen-bond donors (Lipinski definition) is 1. The minimum Gasteiger partial charge on any atom is -0.462 e. The van der Waals surface area contributed by atoms with Crippen LogP contribution < -0.4 is 10.1 Å². The lowest BCUT2D eigenvalue weighted by Crippen LogP contribution is -2.14. The molecule has 1 heterocycles. The molecule has 5 nitrogen and oxygen atoms in total. The molecule has 0 fully saturated rings. The summed E-state index contributed by atoms with van der Waals surface area (Å²) < 4.78 is 7.01. The van der Waals surface area contributed by atoms with Gasteiger partial charge in [-0.15, -0.1) is 5.10 Å². The van der Waals surface area contributed by atoms with E-state index in [1.54, 1.807) is 11.0 Å². The van der Waals surface area contributed by atoms with Crippen LogP contribution in [0.5, 0.6) is 6.01 Å². The van der Waals surface area contributed by atoms with Crippen molar-refractivity contribution in [2.45, 2.75) is 26.2 Å². The quantitative estimate of drug-likeness (QED) is 0.652. The molecular formula is C10H20N4O. The van der Waals surface area contributed by atoms with Gasteiger partial charge >= 0.3 is 6.01 Å². The second-order valence-electron chi connectivity index (χ2n) is 3.46. The molecule has 86 valence electrons. The molecule has 5 heteroatoms. The number of nitrogens with one attached hydrogen (secondary N) is 1. The van der Waals surface area contributed by atoms with Gasteiger partial charge in [-0.1, -0.05) is 6.92 Å². The van der Waals surface area contributed by atoms with Crippen LogP contribution in [-0.4, -0.2) is 34.5 Å². The molecule has 0 aromatic carbocycles. The lowest BCUT2D eigenvalue weighted by molar-refractivity contribution is 0.281. The van der Waals surface area contributed by atoms with Crippen LogP contribution in [-0.2, 0) is 7.05 Å². The molecule has 0 amide bonds. The highest BCUT2D eigenvalue weighted by Crippen LogP contribution is 2.01. The molecule has 1 aromatic rings. The van der Waals surface area contributed by atoms with E-state index in [-0.39, 0.29) is 0 Å². The normalized spacial score (nSPS) is 10.5. The van der Waals surface area contributed by atoms with Crippen LogP contribution in [0.2, 0.25) is 0 Å². The maximum Gasteiger partial charge on any atom is 0.335 e. The molecule has 1 aromatic heterocycles. The van der Waals surface area contributed by atoms with Crippen molar-refractivity contribution < 1.29 is 4.74 Å². The molecule has 0 unspecified atom stereocenters. The van der Waals surface area contributed by atoms with Gasteiger partial charge in [0.25, 0.3) is 0 Å². The fraction of sp³-hybridized carbons (Fsp3) is 0.800. The standard InChI is InChI=1S/C10H20N4O/c1-3-11-7-5-4-6-8-15-10-12-9-14(2)13-10/h9,11H,3-8H2,1-2H3. The summed E-state index contributed by atoms with van der Waals surface area (Å²) in [6, 6.07) is 0.476. The van der Waals surface area contributed by atoms with Crippen LogP contribution in [0.25, 0.3) is 0 Å². The summed E-state index contributed by atoms with van der Waals surface area (Å²) >= 11 is 0.